The first-order valence-electron chi connectivity index (χ1n) is 6.68. The van der Waals surface area contributed by atoms with Gasteiger partial charge in [-0.15, -0.1) is 0 Å². The summed E-state index contributed by atoms with van der Waals surface area (Å²) in [7, 11) is 0. The molecule has 5 N–H and O–H groups in total. The number of hydrogen-bond acceptors (Lipinski definition) is 6. The van der Waals surface area contributed by atoms with Gasteiger partial charge in [-0.1, -0.05) is 0 Å². The molecule has 8 nitrogen and oxygen atoms in total. The van der Waals surface area contributed by atoms with E-state index in [2.05, 4.69) is 10.3 Å². The Bertz CT molecular complexity index is 543. The second-order valence-corrected chi connectivity index (χ2v) is 4.80. The van der Waals surface area contributed by atoms with Gasteiger partial charge < -0.3 is 26.4 Å². The number of primary amides is 1. The maximum absolute atomic E-state index is 12.3. The van der Waals surface area contributed by atoms with Crippen LogP contribution in [0, 0.1) is 0 Å². The summed E-state index contributed by atoms with van der Waals surface area (Å²) in [6.45, 7) is 3.92. The van der Waals surface area contributed by atoms with Crippen LogP contribution in [0.15, 0.2) is 12.1 Å². The third kappa shape index (κ3) is 3.60. The number of nitrogens with one attached hydrogen (secondary N) is 1. The molecule has 2 heterocycles. The van der Waals surface area contributed by atoms with Crippen LogP contribution >= 0.6 is 0 Å². The molecule has 0 aromatic carbocycles. The first-order valence-corrected chi connectivity index (χ1v) is 6.68. The molecule has 0 saturated carbocycles. The SMILES string of the molecule is CC(Nc1nc(C(N)=O)ccc1N)C(=O)N1CCOCC1. The molecule has 0 spiro atoms. The fraction of sp³-hybridized carbons (Fsp3) is 0.462. The van der Waals surface area contributed by atoms with Crippen LogP contribution < -0.4 is 16.8 Å². The van der Waals surface area contributed by atoms with E-state index >= 15 is 0 Å². The average Bonchev–Trinajstić information content (AvgIpc) is 2.49. The van der Waals surface area contributed by atoms with Gasteiger partial charge in [0.2, 0.25) is 5.91 Å². The average molecular weight is 293 g/mol. The van der Waals surface area contributed by atoms with E-state index in [9.17, 15) is 9.59 Å². The first-order chi connectivity index (χ1) is 9.99. The third-order valence-electron chi connectivity index (χ3n) is 3.23. The number of morpholine rings is 1. The zero-order chi connectivity index (χ0) is 15.4. The molecule has 1 atom stereocenters. The molecular formula is C13H19N5O3. The quantitative estimate of drug-likeness (QED) is 0.682. The third-order valence-corrected chi connectivity index (χ3v) is 3.23. The highest BCUT2D eigenvalue weighted by atomic mass is 16.5. The molecule has 2 rings (SSSR count). The predicted molar refractivity (Wildman–Crippen MR) is 77.7 cm³/mol. The van der Waals surface area contributed by atoms with Crippen LogP contribution in [0.5, 0.6) is 0 Å². The molecule has 21 heavy (non-hydrogen) atoms. The lowest BCUT2D eigenvalue weighted by atomic mass is 10.2. The minimum absolute atomic E-state index is 0.0658. The molecule has 0 bridgehead atoms. The first kappa shape index (κ1) is 15.0. The van der Waals surface area contributed by atoms with Gasteiger partial charge in [-0.25, -0.2) is 4.98 Å². The van der Waals surface area contributed by atoms with Crippen molar-refractivity contribution in [2.75, 3.05) is 37.4 Å². The van der Waals surface area contributed by atoms with Crippen molar-refractivity contribution in [2.45, 2.75) is 13.0 Å². The summed E-state index contributed by atoms with van der Waals surface area (Å²) >= 11 is 0. The largest absolute Gasteiger partial charge is 0.396 e. The highest BCUT2D eigenvalue weighted by Gasteiger charge is 2.23. The highest BCUT2D eigenvalue weighted by molar-refractivity contribution is 5.92. The molecule has 8 heteroatoms. The molecule has 114 valence electrons. The number of nitrogens with two attached hydrogens (primary N) is 2. The zero-order valence-corrected chi connectivity index (χ0v) is 11.8. The van der Waals surface area contributed by atoms with Crippen molar-refractivity contribution < 1.29 is 14.3 Å². The number of carbonyl (C=O) groups excluding carboxylic acids is 2. The molecule has 2 amide bonds. The second-order valence-electron chi connectivity index (χ2n) is 4.80. The Kier molecular flexibility index (Phi) is 4.59. The van der Waals surface area contributed by atoms with Gasteiger partial charge in [0, 0.05) is 13.1 Å². The van der Waals surface area contributed by atoms with Crippen molar-refractivity contribution in [3.8, 4) is 0 Å². The van der Waals surface area contributed by atoms with E-state index in [1.54, 1.807) is 11.8 Å². The zero-order valence-electron chi connectivity index (χ0n) is 11.8. The minimum Gasteiger partial charge on any atom is -0.396 e. The van der Waals surface area contributed by atoms with E-state index in [-0.39, 0.29) is 17.4 Å². The van der Waals surface area contributed by atoms with E-state index in [1.807, 2.05) is 0 Å². The van der Waals surface area contributed by atoms with E-state index < -0.39 is 11.9 Å². The second kappa shape index (κ2) is 6.40. The summed E-state index contributed by atoms with van der Waals surface area (Å²) in [6.07, 6.45) is 0. The number of ether oxygens (including phenoxy) is 1. The number of anilines is 2. The molecule has 0 aliphatic carbocycles. The van der Waals surface area contributed by atoms with Crippen molar-refractivity contribution in [1.82, 2.24) is 9.88 Å². The van der Waals surface area contributed by atoms with Crippen LogP contribution in [0.2, 0.25) is 0 Å². The fourth-order valence-corrected chi connectivity index (χ4v) is 2.05. The monoisotopic (exact) mass is 293 g/mol. The number of carbonyl (C=O) groups is 2. The molecule has 1 aliphatic heterocycles. The van der Waals surface area contributed by atoms with Crippen molar-refractivity contribution in [2.24, 2.45) is 5.73 Å². The normalized spacial score (nSPS) is 16.3. The molecule has 1 fully saturated rings. The summed E-state index contributed by atoms with van der Waals surface area (Å²) in [4.78, 5) is 29.2. The van der Waals surface area contributed by atoms with Crippen LogP contribution in [0.3, 0.4) is 0 Å². The Morgan fingerprint density at radius 1 is 1.38 bits per heavy atom. The van der Waals surface area contributed by atoms with Gasteiger partial charge in [0.1, 0.15) is 11.7 Å². The molecule has 1 aromatic rings. The maximum Gasteiger partial charge on any atom is 0.267 e. The van der Waals surface area contributed by atoms with Crippen molar-refractivity contribution >= 4 is 23.3 Å². The van der Waals surface area contributed by atoms with E-state index in [0.717, 1.165) is 0 Å². The number of pyridine rings is 1. The predicted octanol–water partition coefficient (Wildman–Crippen LogP) is -0.578. The Labute approximate surface area is 122 Å². The Morgan fingerprint density at radius 2 is 2.05 bits per heavy atom. The lowest BCUT2D eigenvalue weighted by Crippen LogP contribution is -2.47. The summed E-state index contributed by atoms with van der Waals surface area (Å²) < 4.78 is 5.21. The molecule has 1 aromatic heterocycles. The summed E-state index contributed by atoms with van der Waals surface area (Å²) in [5.41, 5.74) is 11.4. The summed E-state index contributed by atoms with van der Waals surface area (Å²) in [6, 6.07) is 2.46. The van der Waals surface area contributed by atoms with Gasteiger partial charge in [-0.3, -0.25) is 9.59 Å². The topological polar surface area (TPSA) is 124 Å². The number of nitrogens with zero attached hydrogens (tertiary/aromatic N) is 2. The van der Waals surface area contributed by atoms with Gasteiger partial charge in [-0.05, 0) is 19.1 Å². The Balaban J connectivity index is 2.07. The standard InChI is InChI=1S/C13H19N5O3/c1-8(13(20)18-4-6-21-7-5-18)16-12-9(14)2-3-10(17-12)11(15)19/h2-3,8H,4-7,14H2,1H3,(H2,15,19)(H,16,17). The van der Waals surface area contributed by atoms with Gasteiger partial charge in [0.25, 0.3) is 5.91 Å². The lowest BCUT2D eigenvalue weighted by molar-refractivity contribution is -0.135. The fourth-order valence-electron chi connectivity index (χ4n) is 2.05. The number of rotatable bonds is 4. The smallest absolute Gasteiger partial charge is 0.267 e. The molecule has 1 saturated heterocycles. The highest BCUT2D eigenvalue weighted by Crippen LogP contribution is 2.17. The molecule has 1 aliphatic rings. The van der Waals surface area contributed by atoms with Crippen LogP contribution in [0.25, 0.3) is 0 Å². The number of amides is 2. The van der Waals surface area contributed by atoms with Gasteiger partial charge in [0.05, 0.1) is 18.9 Å². The molecule has 0 radical (unpaired) electrons. The molecule has 1 unspecified atom stereocenters. The van der Waals surface area contributed by atoms with E-state index in [1.165, 1.54) is 12.1 Å². The van der Waals surface area contributed by atoms with Crippen LogP contribution in [0.4, 0.5) is 11.5 Å². The van der Waals surface area contributed by atoms with E-state index in [4.69, 9.17) is 16.2 Å². The van der Waals surface area contributed by atoms with Gasteiger partial charge in [0.15, 0.2) is 5.82 Å². The Morgan fingerprint density at radius 3 is 2.67 bits per heavy atom. The van der Waals surface area contributed by atoms with E-state index in [0.29, 0.717) is 32.0 Å². The summed E-state index contributed by atoms with van der Waals surface area (Å²) in [5, 5.41) is 2.93. The van der Waals surface area contributed by atoms with Crippen LogP contribution in [-0.4, -0.2) is 54.0 Å². The van der Waals surface area contributed by atoms with Crippen molar-refractivity contribution in [3.05, 3.63) is 17.8 Å². The molecular weight excluding hydrogens is 274 g/mol. The lowest BCUT2D eigenvalue weighted by Gasteiger charge is -2.29. The van der Waals surface area contributed by atoms with Crippen molar-refractivity contribution in [1.29, 1.82) is 0 Å². The Hall–Kier alpha value is -2.35. The van der Waals surface area contributed by atoms with Crippen molar-refractivity contribution in [3.63, 3.8) is 0 Å². The minimum atomic E-state index is -0.648. The van der Waals surface area contributed by atoms with Gasteiger partial charge in [-0.2, -0.15) is 0 Å². The number of hydrogen-bond donors (Lipinski definition) is 3. The van der Waals surface area contributed by atoms with Gasteiger partial charge >= 0.3 is 0 Å². The van der Waals surface area contributed by atoms with Crippen LogP contribution in [-0.2, 0) is 9.53 Å². The maximum atomic E-state index is 12.3. The van der Waals surface area contributed by atoms with Crippen LogP contribution in [0.1, 0.15) is 17.4 Å². The summed E-state index contributed by atoms with van der Waals surface area (Å²) in [5.74, 6) is -0.436. The number of aromatic nitrogens is 1. The number of nitrogen functional groups attached to an aromatic ring is 1.